The number of amides is 1. The Hall–Kier alpha value is -0.642. The van der Waals surface area contributed by atoms with Crippen LogP contribution in [0.15, 0.2) is 23.1 Å². The van der Waals surface area contributed by atoms with E-state index in [1.54, 1.807) is 4.90 Å². The Kier molecular flexibility index (Phi) is 4.53. The molecule has 112 valence electrons. The van der Waals surface area contributed by atoms with Gasteiger partial charge in [-0.1, -0.05) is 0 Å². The fourth-order valence-corrected chi connectivity index (χ4v) is 4.11. The van der Waals surface area contributed by atoms with Crippen LogP contribution in [0.25, 0.3) is 0 Å². The van der Waals surface area contributed by atoms with Crippen LogP contribution in [0, 0.1) is 0 Å². The van der Waals surface area contributed by atoms with Gasteiger partial charge in [0.1, 0.15) is 0 Å². The summed E-state index contributed by atoms with van der Waals surface area (Å²) in [5.74, 6) is 0. The predicted molar refractivity (Wildman–Crippen MR) is 81.8 cm³/mol. The summed E-state index contributed by atoms with van der Waals surface area (Å²) in [4.78, 5) is 15.2. The molecular weight excluding hydrogens is 456 g/mol. The molecule has 1 aromatic rings. The summed E-state index contributed by atoms with van der Waals surface area (Å²) in [5, 5.41) is 3.90. The molecule has 3 rings (SSSR count). The number of hydrogen-bond acceptors (Lipinski definition) is 4. The van der Waals surface area contributed by atoms with E-state index in [0.29, 0.717) is 18.3 Å². The van der Waals surface area contributed by atoms with Crippen LogP contribution in [0.1, 0.15) is 19.4 Å². The zero-order chi connectivity index (χ0) is 15.0. The number of anilines is 1. The van der Waals surface area contributed by atoms with Crippen LogP contribution in [0.4, 0.5) is 10.5 Å². The Morgan fingerprint density at radius 2 is 2.38 bits per heavy atom. The summed E-state index contributed by atoms with van der Waals surface area (Å²) in [6, 6.07) is 6.30. The normalized spacial score (nSPS) is 24.1. The third-order valence-electron chi connectivity index (χ3n) is 3.64. The second-order valence-electron chi connectivity index (χ2n) is 5.48. The summed E-state index contributed by atoms with van der Waals surface area (Å²) in [6.45, 7) is 5.59. The molecular formula is C15H18N2O2SW. The van der Waals surface area contributed by atoms with E-state index < -0.39 is 0 Å². The minimum absolute atomic E-state index is 0.0756. The number of nitrogens with zero attached hydrogens (tertiary/aromatic N) is 1. The third-order valence-corrected chi connectivity index (χ3v) is 5.38. The van der Waals surface area contributed by atoms with Crippen LogP contribution >= 0.6 is 11.8 Å². The molecule has 6 heteroatoms. The third kappa shape index (κ3) is 3.41. The molecule has 2 heterocycles. The Morgan fingerprint density at radius 1 is 1.57 bits per heavy atom. The first-order valence-corrected chi connectivity index (χ1v) is 9.39. The first kappa shape index (κ1) is 15.3. The molecule has 4 nitrogen and oxygen atoms in total. The zero-order valence-corrected chi connectivity index (χ0v) is 15.8. The van der Waals surface area contributed by atoms with Crippen molar-refractivity contribution in [2.24, 2.45) is 0 Å². The summed E-state index contributed by atoms with van der Waals surface area (Å²) in [6.07, 6.45) is 0.768. The maximum absolute atomic E-state index is 12.1. The van der Waals surface area contributed by atoms with E-state index in [4.69, 9.17) is 4.74 Å². The monoisotopic (exact) mass is 474 g/mol. The Morgan fingerprint density at radius 3 is 3.14 bits per heavy atom. The minimum atomic E-state index is -0.235. The molecule has 0 aliphatic carbocycles. The van der Waals surface area contributed by atoms with E-state index in [2.05, 4.69) is 24.4 Å². The molecule has 0 bridgehead atoms. The number of benzene rings is 1. The second-order valence-corrected chi connectivity index (χ2v) is 9.16. The van der Waals surface area contributed by atoms with Gasteiger partial charge in [-0.3, -0.25) is 0 Å². The average Bonchev–Trinajstić information content (AvgIpc) is 2.97. The molecule has 1 amide bonds. The standard InChI is InChI=1S/C15H18N2O2S.W/c1-3-16-8-13-9-17(15(18)19-13)12-4-5-14-11(7-12)6-10(2)20-14;/h4-5,7,10,13,16H,6,8-9H2,1-2H3;/t10?,13-;/m0./s1. The molecule has 0 radical (unpaired) electrons. The van der Waals surface area contributed by atoms with Crippen molar-refractivity contribution in [3.05, 3.63) is 23.8 Å². The average molecular weight is 474 g/mol. The zero-order valence-electron chi connectivity index (χ0n) is 12.1. The molecule has 2 atom stereocenters. The van der Waals surface area contributed by atoms with Crippen LogP contribution in [0.5, 0.6) is 0 Å². The Balaban J connectivity index is 1.71. The van der Waals surface area contributed by atoms with Crippen molar-refractivity contribution in [3.8, 4) is 0 Å². The number of ether oxygens (including phenoxy) is 1. The number of thioether (sulfide) groups is 1. The molecule has 2 aliphatic heterocycles. The van der Waals surface area contributed by atoms with Gasteiger partial charge in [0.25, 0.3) is 0 Å². The maximum atomic E-state index is 12.1. The van der Waals surface area contributed by atoms with E-state index in [9.17, 15) is 4.79 Å². The van der Waals surface area contributed by atoms with Crippen molar-refractivity contribution in [1.29, 1.82) is 0 Å². The van der Waals surface area contributed by atoms with Gasteiger partial charge in [-0.05, 0) is 0 Å². The van der Waals surface area contributed by atoms with Crippen molar-refractivity contribution in [2.75, 3.05) is 18.0 Å². The number of rotatable bonds is 4. The molecule has 0 aromatic heterocycles. The number of hydrogen-bond donors (Lipinski definition) is 1. The summed E-state index contributed by atoms with van der Waals surface area (Å²) in [5.41, 5.74) is 2.31. The molecule has 1 unspecified atom stereocenters. The molecule has 2 aliphatic rings. The van der Waals surface area contributed by atoms with E-state index in [-0.39, 0.29) is 12.2 Å². The first-order chi connectivity index (χ1) is 10.0. The first-order valence-electron chi connectivity index (χ1n) is 7.05. The summed E-state index contributed by atoms with van der Waals surface area (Å²) >= 11 is 3.32. The van der Waals surface area contributed by atoms with Gasteiger partial charge in [0.15, 0.2) is 0 Å². The van der Waals surface area contributed by atoms with Crippen molar-refractivity contribution in [2.45, 2.75) is 36.5 Å². The number of nitrogens with one attached hydrogen (secondary N) is 1. The van der Waals surface area contributed by atoms with E-state index in [1.165, 1.54) is 33.8 Å². The van der Waals surface area contributed by atoms with Crippen LogP contribution in [0.2, 0.25) is 0 Å². The van der Waals surface area contributed by atoms with Gasteiger partial charge in [0.2, 0.25) is 0 Å². The molecule has 1 saturated heterocycles. The molecule has 1 N–H and O–H groups in total. The fraction of sp³-hybridized carbons (Fsp3) is 0.467. The van der Waals surface area contributed by atoms with Crippen molar-refractivity contribution < 1.29 is 28.9 Å². The Bertz CT molecular complexity index is 593. The number of cyclic esters (lactones) is 1. The number of carbonyl (C=O) groups is 1. The van der Waals surface area contributed by atoms with Crippen LogP contribution in [-0.2, 0) is 30.5 Å². The number of carbonyl (C=O) groups excluding carboxylic acids is 1. The molecule has 0 saturated carbocycles. The van der Waals surface area contributed by atoms with E-state index in [1.807, 2.05) is 24.8 Å². The van der Waals surface area contributed by atoms with Gasteiger partial charge in [0, 0.05) is 0 Å². The Labute approximate surface area is 140 Å². The number of fused-ring (bicyclic) bond motifs is 1. The quantitative estimate of drug-likeness (QED) is 0.728. The van der Waals surface area contributed by atoms with Gasteiger partial charge in [-0.25, -0.2) is 0 Å². The summed E-state index contributed by atoms with van der Waals surface area (Å²) < 4.78 is 6.65. The van der Waals surface area contributed by atoms with Crippen molar-refractivity contribution in [1.82, 2.24) is 5.32 Å². The van der Waals surface area contributed by atoms with Gasteiger partial charge in [-0.2, -0.15) is 0 Å². The van der Waals surface area contributed by atoms with Crippen LogP contribution in [0.3, 0.4) is 0 Å². The van der Waals surface area contributed by atoms with Gasteiger partial charge in [-0.15, -0.1) is 0 Å². The van der Waals surface area contributed by atoms with Gasteiger partial charge in [0.05, 0.1) is 0 Å². The SMILES string of the molecule is C[C](=[W])NC[C@H]1CN(c2ccc3c(c2)CC(C)S3)C(=O)O1. The second kappa shape index (κ2) is 6.23. The van der Waals surface area contributed by atoms with Crippen molar-refractivity contribution in [3.63, 3.8) is 0 Å². The predicted octanol–water partition coefficient (Wildman–Crippen LogP) is 2.33. The summed E-state index contributed by atoms with van der Waals surface area (Å²) in [7, 11) is 0. The molecule has 1 aromatic carbocycles. The van der Waals surface area contributed by atoms with Crippen LogP contribution in [-0.4, -0.2) is 34.6 Å². The van der Waals surface area contributed by atoms with Crippen LogP contribution < -0.4 is 10.2 Å². The van der Waals surface area contributed by atoms with E-state index >= 15 is 0 Å². The molecule has 21 heavy (non-hydrogen) atoms. The molecule has 0 spiro atoms. The molecule has 1 fully saturated rings. The van der Waals surface area contributed by atoms with E-state index in [0.717, 1.165) is 12.1 Å². The topological polar surface area (TPSA) is 41.6 Å². The fourth-order valence-electron chi connectivity index (χ4n) is 2.67. The van der Waals surface area contributed by atoms with Gasteiger partial charge < -0.3 is 0 Å². The van der Waals surface area contributed by atoms with Gasteiger partial charge >= 0.3 is 140 Å². The van der Waals surface area contributed by atoms with Crippen molar-refractivity contribution >= 4 is 27.6 Å².